The van der Waals surface area contributed by atoms with Crippen molar-refractivity contribution in [2.45, 2.75) is 13.3 Å². The molecule has 0 saturated carbocycles. The fourth-order valence-corrected chi connectivity index (χ4v) is 1.54. The Hall–Kier alpha value is -0.830. The van der Waals surface area contributed by atoms with Crippen LogP contribution < -0.4 is 5.73 Å². The van der Waals surface area contributed by atoms with Gasteiger partial charge in [0.15, 0.2) is 0 Å². The van der Waals surface area contributed by atoms with Crippen LogP contribution >= 0.6 is 15.9 Å². The summed E-state index contributed by atoms with van der Waals surface area (Å²) >= 11 is 3.38. The molecular weight excluding hydrogens is 216 g/mol. The Balaban J connectivity index is 2.93. The lowest BCUT2D eigenvalue weighted by Gasteiger charge is -2.04. The summed E-state index contributed by atoms with van der Waals surface area (Å²) in [6, 6.07) is 5.98. The van der Waals surface area contributed by atoms with Gasteiger partial charge in [-0.2, -0.15) is 0 Å². The maximum Gasteiger partial charge on any atom is 0.0950 e. The smallest absolute Gasteiger partial charge is 0.0950 e. The van der Waals surface area contributed by atoms with Crippen molar-refractivity contribution in [2.75, 3.05) is 0 Å². The van der Waals surface area contributed by atoms with Gasteiger partial charge >= 0.3 is 0 Å². The lowest BCUT2D eigenvalue weighted by molar-refractivity contribution is 1.20. The second-order valence-electron chi connectivity index (χ2n) is 2.77. The molecule has 0 amide bonds. The van der Waals surface area contributed by atoms with Gasteiger partial charge in [-0.3, -0.25) is 5.41 Å². The summed E-state index contributed by atoms with van der Waals surface area (Å²) in [5, 5.41) is 7.15. The van der Waals surface area contributed by atoms with Crippen LogP contribution in [0.1, 0.15) is 11.1 Å². The van der Waals surface area contributed by atoms with E-state index in [4.69, 9.17) is 11.1 Å². The Morgan fingerprint density at radius 3 is 2.75 bits per heavy atom. The van der Waals surface area contributed by atoms with Crippen LogP contribution in [0.15, 0.2) is 22.7 Å². The second-order valence-corrected chi connectivity index (χ2v) is 3.69. The van der Waals surface area contributed by atoms with Crippen molar-refractivity contribution >= 4 is 21.8 Å². The fraction of sp³-hybridized carbons (Fsp3) is 0.222. The largest absolute Gasteiger partial charge is 0.387 e. The average molecular weight is 227 g/mol. The molecule has 0 spiro atoms. The molecule has 0 aliphatic carbocycles. The molecule has 0 radical (unpaired) electrons. The van der Waals surface area contributed by atoms with Crippen LogP contribution in [-0.2, 0) is 6.42 Å². The van der Waals surface area contributed by atoms with Crippen molar-refractivity contribution in [3.63, 3.8) is 0 Å². The number of amidine groups is 1. The molecular formula is C9H11BrN2. The van der Waals surface area contributed by atoms with Crippen LogP contribution in [0.2, 0.25) is 0 Å². The first kappa shape index (κ1) is 9.26. The van der Waals surface area contributed by atoms with Gasteiger partial charge in [0.25, 0.3) is 0 Å². The molecule has 0 heterocycles. The summed E-state index contributed by atoms with van der Waals surface area (Å²) in [6.45, 7) is 2.02. The number of nitrogens with one attached hydrogen (secondary N) is 1. The van der Waals surface area contributed by atoms with Crippen molar-refractivity contribution in [3.8, 4) is 0 Å². The van der Waals surface area contributed by atoms with Gasteiger partial charge in [-0.15, -0.1) is 0 Å². The number of hydrogen-bond acceptors (Lipinski definition) is 1. The van der Waals surface area contributed by atoms with Crippen LogP contribution in [0.25, 0.3) is 0 Å². The SMILES string of the molecule is Cc1cc(Br)ccc1CC(=N)N. The molecule has 1 rings (SSSR count). The highest BCUT2D eigenvalue weighted by Gasteiger charge is 1.99. The van der Waals surface area contributed by atoms with Crippen LogP contribution in [0.5, 0.6) is 0 Å². The number of halogens is 1. The quantitative estimate of drug-likeness (QED) is 0.590. The minimum Gasteiger partial charge on any atom is -0.387 e. The zero-order valence-corrected chi connectivity index (χ0v) is 8.48. The van der Waals surface area contributed by atoms with Gasteiger partial charge in [-0.05, 0) is 30.2 Å². The van der Waals surface area contributed by atoms with Crippen molar-refractivity contribution in [1.29, 1.82) is 5.41 Å². The molecule has 1 aromatic rings. The van der Waals surface area contributed by atoms with Gasteiger partial charge in [0.1, 0.15) is 0 Å². The van der Waals surface area contributed by atoms with Crippen molar-refractivity contribution in [1.82, 2.24) is 0 Å². The summed E-state index contributed by atoms with van der Waals surface area (Å²) < 4.78 is 1.06. The molecule has 0 saturated heterocycles. The molecule has 64 valence electrons. The summed E-state index contributed by atoms with van der Waals surface area (Å²) in [6.07, 6.45) is 0.541. The summed E-state index contributed by atoms with van der Waals surface area (Å²) in [4.78, 5) is 0. The zero-order valence-electron chi connectivity index (χ0n) is 6.89. The first-order chi connectivity index (χ1) is 5.59. The third-order valence-corrected chi connectivity index (χ3v) is 2.18. The highest BCUT2D eigenvalue weighted by molar-refractivity contribution is 9.10. The minimum absolute atomic E-state index is 0.209. The maximum absolute atomic E-state index is 7.15. The van der Waals surface area contributed by atoms with Gasteiger partial charge < -0.3 is 5.73 Å². The number of rotatable bonds is 2. The average Bonchev–Trinajstić information content (AvgIpc) is 1.94. The molecule has 0 aliphatic heterocycles. The molecule has 0 fully saturated rings. The topological polar surface area (TPSA) is 49.9 Å². The Bertz CT molecular complexity index is 307. The lowest BCUT2D eigenvalue weighted by Crippen LogP contribution is -2.13. The van der Waals surface area contributed by atoms with E-state index in [1.165, 1.54) is 5.56 Å². The van der Waals surface area contributed by atoms with Crippen molar-refractivity contribution in [2.24, 2.45) is 5.73 Å². The summed E-state index contributed by atoms with van der Waals surface area (Å²) in [7, 11) is 0. The molecule has 3 N–H and O–H groups in total. The monoisotopic (exact) mass is 226 g/mol. The summed E-state index contributed by atoms with van der Waals surface area (Å²) in [5.74, 6) is 0.209. The third-order valence-electron chi connectivity index (χ3n) is 1.69. The van der Waals surface area contributed by atoms with E-state index in [9.17, 15) is 0 Å². The normalized spacial score (nSPS) is 9.83. The van der Waals surface area contributed by atoms with E-state index in [0.717, 1.165) is 10.0 Å². The maximum atomic E-state index is 7.15. The molecule has 0 aromatic heterocycles. The first-order valence-corrected chi connectivity index (χ1v) is 4.47. The van der Waals surface area contributed by atoms with E-state index >= 15 is 0 Å². The Morgan fingerprint density at radius 2 is 2.25 bits per heavy atom. The number of benzene rings is 1. The van der Waals surface area contributed by atoms with Crippen molar-refractivity contribution in [3.05, 3.63) is 33.8 Å². The molecule has 1 aromatic carbocycles. The second kappa shape index (κ2) is 3.72. The number of nitrogens with two attached hydrogens (primary N) is 1. The van der Waals surface area contributed by atoms with Crippen LogP contribution in [0, 0.1) is 12.3 Å². The molecule has 0 atom stereocenters. The molecule has 0 aliphatic rings. The number of hydrogen-bond donors (Lipinski definition) is 2. The van der Waals surface area contributed by atoms with Crippen LogP contribution in [0.4, 0.5) is 0 Å². The molecule has 0 bridgehead atoms. The molecule has 12 heavy (non-hydrogen) atoms. The minimum atomic E-state index is 0.209. The fourth-order valence-electron chi connectivity index (χ4n) is 1.06. The summed E-state index contributed by atoms with van der Waals surface area (Å²) in [5.41, 5.74) is 7.59. The standard InChI is InChI=1S/C9H11BrN2/c1-6-4-8(10)3-2-7(6)5-9(11)12/h2-4H,5H2,1H3,(H3,11,12). The van der Waals surface area contributed by atoms with E-state index < -0.39 is 0 Å². The predicted molar refractivity (Wildman–Crippen MR) is 54.5 cm³/mol. The lowest BCUT2D eigenvalue weighted by atomic mass is 10.1. The predicted octanol–water partition coefficient (Wildman–Crippen LogP) is 2.24. The van der Waals surface area contributed by atoms with Gasteiger partial charge in [0.2, 0.25) is 0 Å². The van der Waals surface area contributed by atoms with Gasteiger partial charge in [0, 0.05) is 10.9 Å². The van der Waals surface area contributed by atoms with Gasteiger partial charge in [-0.1, -0.05) is 22.0 Å². The highest BCUT2D eigenvalue weighted by atomic mass is 79.9. The highest BCUT2D eigenvalue weighted by Crippen LogP contribution is 2.15. The van der Waals surface area contributed by atoms with E-state index in [0.29, 0.717) is 6.42 Å². The zero-order chi connectivity index (χ0) is 9.14. The van der Waals surface area contributed by atoms with E-state index in [2.05, 4.69) is 15.9 Å². The Morgan fingerprint density at radius 1 is 1.58 bits per heavy atom. The van der Waals surface area contributed by atoms with Crippen LogP contribution in [0.3, 0.4) is 0 Å². The van der Waals surface area contributed by atoms with Crippen molar-refractivity contribution < 1.29 is 0 Å². The van der Waals surface area contributed by atoms with Gasteiger partial charge in [0.05, 0.1) is 5.84 Å². The van der Waals surface area contributed by atoms with E-state index in [1.807, 2.05) is 25.1 Å². The molecule has 3 heteroatoms. The molecule has 0 unspecified atom stereocenters. The third kappa shape index (κ3) is 2.34. The Labute approximate surface area is 80.4 Å². The van der Waals surface area contributed by atoms with E-state index in [1.54, 1.807) is 0 Å². The van der Waals surface area contributed by atoms with Gasteiger partial charge in [-0.25, -0.2) is 0 Å². The number of aryl methyl sites for hydroxylation is 1. The van der Waals surface area contributed by atoms with Crippen LogP contribution in [-0.4, -0.2) is 5.84 Å². The first-order valence-electron chi connectivity index (χ1n) is 3.67. The Kier molecular flexibility index (Phi) is 2.87. The van der Waals surface area contributed by atoms with E-state index in [-0.39, 0.29) is 5.84 Å². The molecule has 2 nitrogen and oxygen atoms in total.